The van der Waals surface area contributed by atoms with Gasteiger partial charge in [0, 0.05) is 12.1 Å². The first-order chi connectivity index (χ1) is 7.26. The largest absolute Gasteiger partial charge is 0.488 e. The molecular formula is C11H13Cl2NO. The molecule has 0 saturated heterocycles. The zero-order chi connectivity index (χ0) is 11.1. The molecule has 0 spiro atoms. The molecular weight excluding hydrogens is 233 g/mol. The predicted octanol–water partition coefficient (Wildman–Crippen LogP) is 3.10. The summed E-state index contributed by atoms with van der Waals surface area (Å²) in [4.78, 5) is 0. The monoisotopic (exact) mass is 245 g/mol. The third kappa shape index (κ3) is 4.56. The Morgan fingerprint density at radius 3 is 2.60 bits per heavy atom. The zero-order valence-electron chi connectivity index (χ0n) is 8.47. The maximum atomic E-state index is 5.69. The molecule has 0 aromatic heterocycles. The van der Waals surface area contributed by atoms with Crippen molar-refractivity contribution in [3.05, 3.63) is 40.4 Å². The van der Waals surface area contributed by atoms with Crippen LogP contribution >= 0.6 is 23.2 Å². The molecule has 4 heteroatoms. The van der Waals surface area contributed by atoms with E-state index in [0.717, 1.165) is 12.3 Å². The van der Waals surface area contributed by atoms with Crippen LogP contribution in [-0.4, -0.2) is 13.7 Å². The normalized spacial score (nSPS) is 11.5. The summed E-state index contributed by atoms with van der Waals surface area (Å²) < 4.78 is 5.39. The fourth-order valence-electron chi connectivity index (χ4n) is 1.09. The summed E-state index contributed by atoms with van der Waals surface area (Å²) in [5, 5.41) is 3.56. The Morgan fingerprint density at radius 2 is 2.07 bits per heavy atom. The van der Waals surface area contributed by atoms with Crippen LogP contribution in [0.1, 0.15) is 5.56 Å². The van der Waals surface area contributed by atoms with E-state index >= 15 is 0 Å². The van der Waals surface area contributed by atoms with Gasteiger partial charge >= 0.3 is 0 Å². The summed E-state index contributed by atoms with van der Waals surface area (Å²) in [6.07, 6.45) is 0. The van der Waals surface area contributed by atoms with Crippen molar-refractivity contribution in [2.75, 3.05) is 13.7 Å². The molecule has 0 saturated carbocycles. The van der Waals surface area contributed by atoms with Crippen LogP contribution in [0.25, 0.3) is 0 Å². The SMILES string of the molecule is CNCc1ccc(OCC(Cl)=CCl)cc1. The average molecular weight is 246 g/mol. The Bertz CT molecular complexity index is 322. The first-order valence-electron chi connectivity index (χ1n) is 4.57. The lowest BCUT2D eigenvalue weighted by Crippen LogP contribution is -2.04. The molecule has 0 aliphatic rings. The molecule has 0 bridgehead atoms. The summed E-state index contributed by atoms with van der Waals surface area (Å²) in [6.45, 7) is 1.15. The van der Waals surface area contributed by atoms with Crippen LogP contribution in [-0.2, 0) is 6.54 Å². The van der Waals surface area contributed by atoms with Crippen LogP contribution < -0.4 is 10.1 Å². The molecule has 0 fully saturated rings. The van der Waals surface area contributed by atoms with Crippen molar-refractivity contribution in [2.24, 2.45) is 0 Å². The van der Waals surface area contributed by atoms with E-state index in [1.54, 1.807) is 0 Å². The second kappa shape index (κ2) is 6.72. The first-order valence-corrected chi connectivity index (χ1v) is 5.39. The van der Waals surface area contributed by atoms with Gasteiger partial charge in [-0.15, -0.1) is 0 Å². The molecule has 1 aromatic rings. The highest BCUT2D eigenvalue weighted by molar-refractivity contribution is 6.36. The van der Waals surface area contributed by atoms with Crippen LogP contribution in [0.3, 0.4) is 0 Å². The summed E-state index contributed by atoms with van der Waals surface area (Å²) in [7, 11) is 1.91. The van der Waals surface area contributed by atoms with Gasteiger partial charge in [0.05, 0.1) is 5.03 Å². The van der Waals surface area contributed by atoms with Crippen molar-refractivity contribution >= 4 is 23.2 Å². The fourth-order valence-corrected chi connectivity index (χ4v) is 1.21. The van der Waals surface area contributed by atoms with E-state index in [9.17, 15) is 0 Å². The number of ether oxygens (including phenoxy) is 1. The lowest BCUT2D eigenvalue weighted by molar-refractivity contribution is 0.359. The van der Waals surface area contributed by atoms with Crippen molar-refractivity contribution in [2.45, 2.75) is 6.54 Å². The van der Waals surface area contributed by atoms with Gasteiger partial charge in [-0.25, -0.2) is 0 Å². The van der Waals surface area contributed by atoms with Crippen molar-refractivity contribution in [3.63, 3.8) is 0 Å². The molecule has 0 radical (unpaired) electrons. The van der Waals surface area contributed by atoms with E-state index in [4.69, 9.17) is 27.9 Å². The van der Waals surface area contributed by atoms with Crippen LogP contribution in [0.5, 0.6) is 5.75 Å². The van der Waals surface area contributed by atoms with Gasteiger partial charge in [-0.05, 0) is 24.7 Å². The summed E-state index contributed by atoms with van der Waals surface area (Å²) in [5.74, 6) is 0.784. The van der Waals surface area contributed by atoms with Crippen LogP contribution in [0.2, 0.25) is 0 Å². The Morgan fingerprint density at radius 1 is 1.40 bits per heavy atom. The smallest absolute Gasteiger partial charge is 0.125 e. The van der Waals surface area contributed by atoms with E-state index in [1.165, 1.54) is 11.1 Å². The summed E-state index contributed by atoms with van der Waals surface area (Å²) in [5.41, 5.74) is 2.51. The highest BCUT2D eigenvalue weighted by Gasteiger charge is 1.96. The zero-order valence-corrected chi connectivity index (χ0v) is 9.98. The highest BCUT2D eigenvalue weighted by atomic mass is 35.5. The fraction of sp³-hybridized carbons (Fsp3) is 0.273. The van der Waals surface area contributed by atoms with Gasteiger partial charge in [0.2, 0.25) is 0 Å². The minimum Gasteiger partial charge on any atom is -0.488 e. The van der Waals surface area contributed by atoms with Crippen LogP contribution in [0, 0.1) is 0 Å². The number of hydrogen-bond acceptors (Lipinski definition) is 2. The Hall–Kier alpha value is -0.700. The number of rotatable bonds is 5. The molecule has 82 valence electrons. The van der Waals surface area contributed by atoms with Crippen molar-refractivity contribution in [1.82, 2.24) is 5.32 Å². The molecule has 1 rings (SSSR count). The van der Waals surface area contributed by atoms with Gasteiger partial charge in [-0.1, -0.05) is 35.3 Å². The molecule has 0 aliphatic carbocycles. The van der Waals surface area contributed by atoms with Crippen LogP contribution in [0.4, 0.5) is 0 Å². The molecule has 0 unspecified atom stereocenters. The quantitative estimate of drug-likeness (QED) is 0.861. The second-order valence-electron chi connectivity index (χ2n) is 3.02. The lowest BCUT2D eigenvalue weighted by atomic mass is 10.2. The number of halogens is 2. The molecule has 1 aromatic carbocycles. The molecule has 1 N–H and O–H groups in total. The third-order valence-electron chi connectivity index (χ3n) is 1.80. The van der Waals surface area contributed by atoms with Gasteiger partial charge < -0.3 is 10.1 Å². The third-order valence-corrected chi connectivity index (χ3v) is 2.39. The molecule has 2 nitrogen and oxygen atoms in total. The Labute approximate surface area is 99.8 Å². The first kappa shape index (κ1) is 12.4. The van der Waals surface area contributed by atoms with Crippen molar-refractivity contribution in [1.29, 1.82) is 0 Å². The standard InChI is InChI=1S/C11H13Cl2NO/c1-14-7-9-2-4-11(5-3-9)15-8-10(13)6-12/h2-6,14H,7-8H2,1H3. The van der Waals surface area contributed by atoms with Crippen molar-refractivity contribution < 1.29 is 4.74 Å². The maximum absolute atomic E-state index is 5.69. The Kier molecular flexibility index (Phi) is 5.54. The number of nitrogens with one attached hydrogen (secondary N) is 1. The van der Waals surface area contributed by atoms with Gasteiger partial charge in [0.15, 0.2) is 0 Å². The van der Waals surface area contributed by atoms with E-state index < -0.39 is 0 Å². The average Bonchev–Trinajstić information content (AvgIpc) is 2.28. The van der Waals surface area contributed by atoms with E-state index in [-0.39, 0.29) is 0 Å². The predicted molar refractivity (Wildman–Crippen MR) is 64.5 cm³/mol. The lowest BCUT2D eigenvalue weighted by Gasteiger charge is -2.06. The molecule has 0 aliphatic heterocycles. The van der Waals surface area contributed by atoms with E-state index in [1.807, 2.05) is 31.3 Å². The van der Waals surface area contributed by atoms with E-state index in [0.29, 0.717) is 11.6 Å². The topological polar surface area (TPSA) is 21.3 Å². The minimum absolute atomic E-state index is 0.302. The van der Waals surface area contributed by atoms with Gasteiger partial charge in [0.1, 0.15) is 12.4 Å². The number of benzene rings is 1. The molecule has 0 heterocycles. The maximum Gasteiger partial charge on any atom is 0.125 e. The minimum atomic E-state index is 0.302. The second-order valence-corrected chi connectivity index (χ2v) is 3.72. The molecule has 0 atom stereocenters. The summed E-state index contributed by atoms with van der Waals surface area (Å²) >= 11 is 11.1. The highest BCUT2D eigenvalue weighted by Crippen LogP contribution is 2.14. The summed E-state index contributed by atoms with van der Waals surface area (Å²) in [6, 6.07) is 7.82. The number of hydrogen-bond donors (Lipinski definition) is 1. The van der Waals surface area contributed by atoms with Crippen molar-refractivity contribution in [3.8, 4) is 5.75 Å². The van der Waals surface area contributed by atoms with Gasteiger partial charge in [-0.2, -0.15) is 0 Å². The van der Waals surface area contributed by atoms with Crippen LogP contribution in [0.15, 0.2) is 34.8 Å². The molecule has 15 heavy (non-hydrogen) atoms. The molecule has 0 amide bonds. The van der Waals surface area contributed by atoms with E-state index in [2.05, 4.69) is 5.32 Å². The van der Waals surface area contributed by atoms with Gasteiger partial charge in [0.25, 0.3) is 0 Å². The van der Waals surface area contributed by atoms with Gasteiger partial charge in [-0.3, -0.25) is 0 Å². The Balaban J connectivity index is 2.49.